The minimum Gasteiger partial charge on any atom is -0.351 e. The van der Waals surface area contributed by atoms with Gasteiger partial charge >= 0.3 is 0 Å². The first-order chi connectivity index (χ1) is 13.6. The molecule has 4 rings (SSSR count). The molecule has 1 fully saturated rings. The molecule has 6 heteroatoms. The van der Waals surface area contributed by atoms with Crippen molar-refractivity contribution >= 4 is 39.1 Å². The predicted molar refractivity (Wildman–Crippen MR) is 116 cm³/mol. The topological polar surface area (TPSA) is 45.2 Å². The molecule has 0 aliphatic carbocycles. The Morgan fingerprint density at radius 1 is 1.21 bits per heavy atom. The van der Waals surface area contributed by atoms with E-state index >= 15 is 0 Å². The van der Waals surface area contributed by atoms with E-state index in [4.69, 9.17) is 16.6 Å². The Morgan fingerprint density at radius 2 is 1.93 bits per heavy atom. The molecule has 1 aliphatic rings. The Balaban J connectivity index is 1.31. The molecule has 0 saturated carbocycles. The SMILES string of the molecule is C[C@@H](C(=O)NCc1ccccc1Cl)N1CCC(c2nc3ccccc3s2)CC1. The number of hydrogen-bond acceptors (Lipinski definition) is 4. The van der Waals surface area contributed by atoms with Gasteiger partial charge in [-0.15, -0.1) is 11.3 Å². The van der Waals surface area contributed by atoms with Gasteiger partial charge in [0.2, 0.25) is 5.91 Å². The lowest BCUT2D eigenvalue weighted by Crippen LogP contribution is -2.47. The first kappa shape index (κ1) is 19.4. The number of nitrogens with zero attached hydrogens (tertiary/aromatic N) is 2. The average molecular weight is 414 g/mol. The Kier molecular flexibility index (Phi) is 5.95. The third kappa shape index (κ3) is 4.22. The lowest BCUT2D eigenvalue weighted by molar-refractivity contribution is -0.126. The van der Waals surface area contributed by atoms with Crippen LogP contribution in [0.3, 0.4) is 0 Å². The van der Waals surface area contributed by atoms with E-state index in [1.54, 1.807) is 11.3 Å². The van der Waals surface area contributed by atoms with Crippen LogP contribution < -0.4 is 5.32 Å². The summed E-state index contributed by atoms with van der Waals surface area (Å²) in [5.41, 5.74) is 2.04. The van der Waals surface area contributed by atoms with E-state index in [1.807, 2.05) is 37.3 Å². The number of carbonyl (C=O) groups is 1. The molecule has 0 bridgehead atoms. The number of hydrogen-bond donors (Lipinski definition) is 1. The van der Waals surface area contributed by atoms with Crippen molar-refractivity contribution in [3.8, 4) is 0 Å². The number of nitrogens with one attached hydrogen (secondary N) is 1. The molecular weight excluding hydrogens is 390 g/mol. The van der Waals surface area contributed by atoms with E-state index in [-0.39, 0.29) is 11.9 Å². The van der Waals surface area contributed by atoms with Gasteiger partial charge in [0.25, 0.3) is 0 Å². The van der Waals surface area contributed by atoms with Crippen LogP contribution >= 0.6 is 22.9 Å². The van der Waals surface area contributed by atoms with Gasteiger partial charge < -0.3 is 5.32 Å². The van der Waals surface area contributed by atoms with E-state index in [1.165, 1.54) is 9.71 Å². The minimum atomic E-state index is -0.140. The van der Waals surface area contributed by atoms with Gasteiger partial charge in [-0.1, -0.05) is 41.9 Å². The van der Waals surface area contributed by atoms with Crippen LogP contribution in [0.5, 0.6) is 0 Å². The smallest absolute Gasteiger partial charge is 0.237 e. The minimum absolute atomic E-state index is 0.0540. The average Bonchev–Trinajstić information content (AvgIpc) is 3.17. The molecule has 2 aromatic carbocycles. The molecule has 4 nitrogen and oxygen atoms in total. The van der Waals surface area contributed by atoms with Crippen molar-refractivity contribution in [1.29, 1.82) is 0 Å². The highest BCUT2D eigenvalue weighted by Gasteiger charge is 2.28. The van der Waals surface area contributed by atoms with Crippen LogP contribution in [0.25, 0.3) is 10.2 Å². The van der Waals surface area contributed by atoms with E-state index in [9.17, 15) is 4.79 Å². The maximum absolute atomic E-state index is 12.6. The number of halogens is 1. The summed E-state index contributed by atoms with van der Waals surface area (Å²) in [5, 5.41) is 4.94. The summed E-state index contributed by atoms with van der Waals surface area (Å²) in [6.45, 7) is 4.29. The van der Waals surface area contributed by atoms with Crippen molar-refractivity contribution in [2.45, 2.75) is 38.3 Å². The fourth-order valence-electron chi connectivity index (χ4n) is 3.74. The predicted octanol–water partition coefficient (Wildman–Crippen LogP) is 4.83. The lowest BCUT2D eigenvalue weighted by atomic mass is 9.96. The quantitative estimate of drug-likeness (QED) is 0.651. The van der Waals surface area contributed by atoms with Crippen LogP contribution in [-0.4, -0.2) is 34.9 Å². The fraction of sp³-hybridized carbons (Fsp3) is 0.364. The monoisotopic (exact) mass is 413 g/mol. The molecule has 1 atom stereocenters. The number of para-hydroxylation sites is 1. The second kappa shape index (κ2) is 8.60. The Hall–Kier alpha value is -1.95. The molecular formula is C22H24ClN3OS. The number of thiazole rings is 1. The number of piperidine rings is 1. The van der Waals surface area contributed by atoms with Gasteiger partial charge in [0, 0.05) is 17.5 Å². The van der Waals surface area contributed by atoms with Crippen molar-refractivity contribution in [3.05, 3.63) is 64.1 Å². The number of likely N-dealkylation sites (tertiary alicyclic amines) is 1. The number of carbonyl (C=O) groups excluding carboxylic acids is 1. The molecule has 3 aromatic rings. The fourth-order valence-corrected chi connectivity index (χ4v) is 5.08. The maximum atomic E-state index is 12.6. The summed E-state index contributed by atoms with van der Waals surface area (Å²) in [6, 6.07) is 15.8. The molecule has 146 valence electrons. The van der Waals surface area contributed by atoms with Crippen LogP contribution in [0.1, 0.15) is 36.3 Å². The number of fused-ring (bicyclic) bond motifs is 1. The first-order valence-corrected chi connectivity index (χ1v) is 10.9. The molecule has 1 saturated heterocycles. The molecule has 0 spiro atoms. The zero-order valence-corrected chi connectivity index (χ0v) is 17.5. The third-order valence-corrected chi connectivity index (χ3v) is 7.09. The van der Waals surface area contributed by atoms with Gasteiger partial charge in [0.05, 0.1) is 21.3 Å². The Morgan fingerprint density at radius 3 is 2.68 bits per heavy atom. The van der Waals surface area contributed by atoms with E-state index in [0.717, 1.165) is 37.0 Å². The molecule has 1 aliphatic heterocycles. The van der Waals surface area contributed by atoms with E-state index < -0.39 is 0 Å². The highest BCUT2D eigenvalue weighted by Crippen LogP contribution is 2.34. The second-order valence-electron chi connectivity index (χ2n) is 7.32. The number of rotatable bonds is 5. The Bertz CT molecular complexity index is 932. The summed E-state index contributed by atoms with van der Waals surface area (Å²) in [7, 11) is 0. The van der Waals surface area contributed by atoms with Crippen LogP contribution in [-0.2, 0) is 11.3 Å². The Labute approximate surface area is 174 Å². The number of benzene rings is 2. The molecule has 1 aromatic heterocycles. The zero-order valence-electron chi connectivity index (χ0n) is 15.9. The van der Waals surface area contributed by atoms with Crippen molar-refractivity contribution in [3.63, 3.8) is 0 Å². The van der Waals surface area contributed by atoms with Gasteiger partial charge in [-0.3, -0.25) is 9.69 Å². The van der Waals surface area contributed by atoms with Crippen LogP contribution in [0, 0.1) is 0 Å². The van der Waals surface area contributed by atoms with Crippen molar-refractivity contribution in [1.82, 2.24) is 15.2 Å². The van der Waals surface area contributed by atoms with Crippen molar-refractivity contribution in [2.75, 3.05) is 13.1 Å². The molecule has 0 unspecified atom stereocenters. The standard InChI is InChI=1S/C22H24ClN3OS/c1-15(21(27)24-14-17-6-2-3-7-18(17)23)26-12-10-16(11-13-26)22-25-19-8-4-5-9-20(19)28-22/h2-9,15-16H,10-14H2,1H3,(H,24,27)/t15-/m0/s1. The molecule has 1 amide bonds. The van der Waals surface area contributed by atoms with Crippen LogP contribution in [0.4, 0.5) is 0 Å². The van der Waals surface area contributed by atoms with E-state index in [2.05, 4.69) is 28.4 Å². The van der Waals surface area contributed by atoms with Crippen LogP contribution in [0.15, 0.2) is 48.5 Å². The zero-order chi connectivity index (χ0) is 19.5. The first-order valence-electron chi connectivity index (χ1n) is 9.72. The van der Waals surface area contributed by atoms with E-state index in [0.29, 0.717) is 17.5 Å². The summed E-state index contributed by atoms with van der Waals surface area (Å²) < 4.78 is 1.26. The highest BCUT2D eigenvalue weighted by molar-refractivity contribution is 7.18. The lowest BCUT2D eigenvalue weighted by Gasteiger charge is -2.34. The van der Waals surface area contributed by atoms with Crippen molar-refractivity contribution < 1.29 is 4.79 Å². The third-order valence-electron chi connectivity index (χ3n) is 5.53. The largest absolute Gasteiger partial charge is 0.351 e. The maximum Gasteiger partial charge on any atom is 0.237 e. The molecule has 2 heterocycles. The second-order valence-corrected chi connectivity index (χ2v) is 8.78. The molecule has 1 N–H and O–H groups in total. The number of aromatic nitrogens is 1. The normalized spacial score (nSPS) is 16.9. The molecule has 0 radical (unpaired) electrons. The summed E-state index contributed by atoms with van der Waals surface area (Å²) in [5.74, 6) is 0.547. The molecule has 28 heavy (non-hydrogen) atoms. The summed E-state index contributed by atoms with van der Waals surface area (Å²) >= 11 is 7.98. The van der Waals surface area contributed by atoms with Crippen molar-refractivity contribution in [2.24, 2.45) is 0 Å². The van der Waals surface area contributed by atoms with Gasteiger partial charge in [-0.25, -0.2) is 4.98 Å². The van der Waals surface area contributed by atoms with Gasteiger partial charge in [0.1, 0.15) is 0 Å². The summed E-state index contributed by atoms with van der Waals surface area (Å²) in [4.78, 5) is 19.7. The number of amides is 1. The van der Waals surface area contributed by atoms with Gasteiger partial charge in [0.15, 0.2) is 0 Å². The van der Waals surface area contributed by atoms with Gasteiger partial charge in [-0.05, 0) is 56.6 Å². The highest BCUT2D eigenvalue weighted by atomic mass is 35.5. The summed E-state index contributed by atoms with van der Waals surface area (Å²) in [6.07, 6.45) is 2.09. The van der Waals surface area contributed by atoms with Crippen LogP contribution in [0.2, 0.25) is 5.02 Å². The van der Waals surface area contributed by atoms with Gasteiger partial charge in [-0.2, -0.15) is 0 Å².